The third-order valence-electron chi connectivity index (χ3n) is 5.01. The molecule has 2 N–H and O–H groups in total. The summed E-state index contributed by atoms with van der Waals surface area (Å²) in [6, 6.07) is 15.4. The zero-order valence-corrected chi connectivity index (χ0v) is 18.5. The van der Waals surface area contributed by atoms with Crippen LogP contribution < -0.4 is 0 Å². The second-order valence-electron chi connectivity index (χ2n) is 8.65. The Balaban J connectivity index is 1.89. The molecule has 0 aliphatic rings. The number of imide groups is 1. The van der Waals surface area contributed by atoms with E-state index in [-0.39, 0.29) is 12.8 Å². The van der Waals surface area contributed by atoms with E-state index in [1.54, 1.807) is 27.0 Å². The number of carboxylic acids is 1. The minimum absolute atomic E-state index is 0.0130. The summed E-state index contributed by atoms with van der Waals surface area (Å²) < 4.78 is 5.41. The molecule has 0 spiro atoms. The summed E-state index contributed by atoms with van der Waals surface area (Å²) in [5, 5.41) is 10.8. The van der Waals surface area contributed by atoms with E-state index in [1.165, 1.54) is 0 Å². The molecule has 0 radical (unpaired) electrons. The smallest absolute Gasteiger partial charge is 0.417 e. The van der Waals surface area contributed by atoms with Crippen molar-refractivity contribution in [2.45, 2.75) is 51.7 Å². The molecule has 1 unspecified atom stereocenters. The molecule has 3 aromatic rings. The fraction of sp³-hybridized carbons (Fsp3) is 0.320. The molecule has 1 aromatic heterocycles. The van der Waals surface area contributed by atoms with Gasteiger partial charge in [-0.1, -0.05) is 48.5 Å². The number of fused-ring (bicyclic) bond motifs is 1. The first-order valence-corrected chi connectivity index (χ1v) is 10.5. The maximum atomic E-state index is 13.1. The number of rotatable bonds is 7. The number of hydrogen-bond donors (Lipinski definition) is 2. The van der Waals surface area contributed by atoms with E-state index in [9.17, 15) is 19.5 Å². The molecule has 7 heteroatoms. The molecule has 0 saturated carbocycles. The molecule has 2 aromatic carbocycles. The number of aromatic amines is 1. The number of hydrogen-bond acceptors (Lipinski definition) is 4. The number of nitrogens with one attached hydrogen (secondary N) is 1. The van der Waals surface area contributed by atoms with Crippen molar-refractivity contribution in [1.29, 1.82) is 0 Å². The van der Waals surface area contributed by atoms with Crippen LogP contribution in [0.15, 0.2) is 60.8 Å². The minimum atomic E-state index is -1.40. The van der Waals surface area contributed by atoms with Crippen LogP contribution in [0.5, 0.6) is 0 Å². The number of aryl methyl sites for hydroxylation is 1. The zero-order chi connectivity index (χ0) is 23.3. The highest BCUT2D eigenvalue weighted by Crippen LogP contribution is 2.23. The van der Waals surface area contributed by atoms with Crippen molar-refractivity contribution in [3.05, 3.63) is 71.9 Å². The number of ether oxygens (including phenoxy) is 1. The first-order chi connectivity index (χ1) is 15.2. The molecule has 1 heterocycles. The number of aromatic nitrogens is 1. The lowest BCUT2D eigenvalue weighted by Gasteiger charge is -2.30. The van der Waals surface area contributed by atoms with Crippen LogP contribution in [0.1, 0.15) is 38.3 Å². The highest BCUT2D eigenvalue weighted by molar-refractivity contribution is 5.97. The lowest BCUT2D eigenvalue weighted by molar-refractivity contribution is -0.149. The Hall–Kier alpha value is -3.61. The van der Waals surface area contributed by atoms with E-state index in [2.05, 4.69) is 4.98 Å². The quantitative estimate of drug-likeness (QED) is 0.566. The number of amides is 2. The summed E-state index contributed by atoms with van der Waals surface area (Å²) in [5.41, 5.74) is 1.61. The topological polar surface area (TPSA) is 99.7 Å². The maximum Gasteiger partial charge on any atom is 0.417 e. The first-order valence-electron chi connectivity index (χ1n) is 10.5. The van der Waals surface area contributed by atoms with E-state index in [0.29, 0.717) is 12.0 Å². The number of nitrogens with zero attached hydrogens (tertiary/aromatic N) is 1. The van der Waals surface area contributed by atoms with Crippen molar-refractivity contribution in [3.63, 3.8) is 0 Å². The average Bonchev–Trinajstić information content (AvgIpc) is 3.14. The molecule has 0 fully saturated rings. The van der Waals surface area contributed by atoms with Crippen LogP contribution in [0, 0.1) is 0 Å². The Morgan fingerprint density at radius 1 is 1.03 bits per heavy atom. The van der Waals surface area contributed by atoms with Crippen molar-refractivity contribution in [3.8, 4) is 0 Å². The van der Waals surface area contributed by atoms with Gasteiger partial charge in [-0.2, -0.15) is 0 Å². The third kappa shape index (κ3) is 5.75. The summed E-state index contributed by atoms with van der Waals surface area (Å²) in [4.78, 5) is 42.2. The van der Waals surface area contributed by atoms with Gasteiger partial charge in [-0.15, -0.1) is 0 Å². The lowest BCUT2D eigenvalue weighted by Crippen LogP contribution is -2.51. The summed E-state index contributed by atoms with van der Waals surface area (Å²) >= 11 is 0. The molecule has 32 heavy (non-hydrogen) atoms. The molecule has 0 saturated heterocycles. The van der Waals surface area contributed by atoms with Gasteiger partial charge in [-0.25, -0.2) is 14.5 Å². The number of carbonyl (C=O) groups is 3. The molecule has 0 aliphatic heterocycles. The van der Waals surface area contributed by atoms with Crippen molar-refractivity contribution < 1.29 is 24.2 Å². The van der Waals surface area contributed by atoms with Crippen LogP contribution in [-0.4, -0.2) is 44.6 Å². The molecule has 3 rings (SSSR count). The van der Waals surface area contributed by atoms with Crippen LogP contribution in [0.2, 0.25) is 0 Å². The molecule has 168 valence electrons. The van der Waals surface area contributed by atoms with Gasteiger partial charge in [0.25, 0.3) is 0 Å². The van der Waals surface area contributed by atoms with Gasteiger partial charge >= 0.3 is 12.1 Å². The number of aliphatic carboxylic acids is 1. The van der Waals surface area contributed by atoms with Gasteiger partial charge in [-0.05, 0) is 44.4 Å². The summed E-state index contributed by atoms with van der Waals surface area (Å²) in [5.74, 6) is -1.86. The van der Waals surface area contributed by atoms with Crippen LogP contribution in [0.25, 0.3) is 10.9 Å². The van der Waals surface area contributed by atoms with Crippen LogP contribution in [0.4, 0.5) is 4.79 Å². The normalized spacial score (nSPS) is 12.3. The van der Waals surface area contributed by atoms with Gasteiger partial charge in [0, 0.05) is 29.9 Å². The Morgan fingerprint density at radius 3 is 2.34 bits per heavy atom. The van der Waals surface area contributed by atoms with Crippen LogP contribution >= 0.6 is 0 Å². The zero-order valence-electron chi connectivity index (χ0n) is 18.5. The Kier molecular flexibility index (Phi) is 6.98. The number of carbonyl (C=O) groups excluding carboxylic acids is 2. The van der Waals surface area contributed by atoms with Gasteiger partial charge in [0.05, 0.1) is 0 Å². The number of carboxylic acid groups (broad SMARTS) is 1. The number of para-hydroxylation sites is 1. The number of benzene rings is 2. The van der Waals surface area contributed by atoms with Crippen LogP contribution in [-0.2, 0) is 27.2 Å². The van der Waals surface area contributed by atoms with Gasteiger partial charge in [0.1, 0.15) is 11.6 Å². The lowest BCUT2D eigenvalue weighted by atomic mass is 10.0. The molecule has 2 amide bonds. The summed E-state index contributed by atoms with van der Waals surface area (Å²) in [6.45, 7) is 5.02. The third-order valence-corrected chi connectivity index (χ3v) is 5.01. The fourth-order valence-corrected chi connectivity index (χ4v) is 3.53. The van der Waals surface area contributed by atoms with E-state index in [4.69, 9.17) is 4.74 Å². The van der Waals surface area contributed by atoms with Crippen LogP contribution in [0.3, 0.4) is 0 Å². The van der Waals surface area contributed by atoms with Crippen molar-refractivity contribution in [2.24, 2.45) is 0 Å². The molecule has 0 bridgehead atoms. The van der Waals surface area contributed by atoms with Gasteiger partial charge in [-0.3, -0.25) is 4.79 Å². The van der Waals surface area contributed by atoms with Gasteiger partial charge in [0.15, 0.2) is 0 Å². The number of H-pyrrole nitrogens is 1. The van der Waals surface area contributed by atoms with E-state index < -0.39 is 29.6 Å². The standard InChI is InChI=1S/C25H28N2O5/c1-25(2,3)32-24(31)27(22(28)14-13-17-9-5-4-6-10-17)21(23(29)30)15-18-16-26-20-12-8-7-11-19(18)20/h4-12,16,21,26H,13-15H2,1-3H3,(H,29,30). The average molecular weight is 437 g/mol. The summed E-state index contributed by atoms with van der Waals surface area (Å²) in [7, 11) is 0. The molecular formula is C25H28N2O5. The molecular weight excluding hydrogens is 408 g/mol. The molecule has 7 nitrogen and oxygen atoms in total. The van der Waals surface area contributed by atoms with Crippen molar-refractivity contribution >= 4 is 28.9 Å². The van der Waals surface area contributed by atoms with Crippen molar-refractivity contribution in [1.82, 2.24) is 9.88 Å². The Labute approximate surface area is 187 Å². The second kappa shape index (κ2) is 9.68. The van der Waals surface area contributed by atoms with E-state index >= 15 is 0 Å². The van der Waals surface area contributed by atoms with E-state index in [1.807, 2.05) is 54.6 Å². The van der Waals surface area contributed by atoms with E-state index in [0.717, 1.165) is 21.4 Å². The second-order valence-corrected chi connectivity index (χ2v) is 8.65. The monoisotopic (exact) mass is 436 g/mol. The minimum Gasteiger partial charge on any atom is -0.480 e. The van der Waals surface area contributed by atoms with Crippen molar-refractivity contribution in [2.75, 3.05) is 0 Å². The Morgan fingerprint density at radius 2 is 1.69 bits per heavy atom. The molecule has 0 aliphatic carbocycles. The first kappa shape index (κ1) is 23.1. The largest absolute Gasteiger partial charge is 0.480 e. The van der Waals surface area contributed by atoms with Gasteiger partial charge in [0.2, 0.25) is 5.91 Å². The predicted octanol–water partition coefficient (Wildman–Crippen LogP) is 4.56. The fourth-order valence-electron chi connectivity index (χ4n) is 3.53. The Bertz CT molecular complexity index is 1100. The highest BCUT2D eigenvalue weighted by atomic mass is 16.6. The summed E-state index contributed by atoms with van der Waals surface area (Å²) in [6.07, 6.45) is 1.10. The predicted molar refractivity (Wildman–Crippen MR) is 121 cm³/mol. The SMILES string of the molecule is CC(C)(C)OC(=O)N(C(=O)CCc1ccccc1)C(Cc1c[nH]c2ccccc12)C(=O)O. The molecule has 1 atom stereocenters. The van der Waals surface area contributed by atoms with Gasteiger partial charge < -0.3 is 14.8 Å². The highest BCUT2D eigenvalue weighted by Gasteiger charge is 2.37. The maximum absolute atomic E-state index is 13.1.